The van der Waals surface area contributed by atoms with Crippen LogP contribution in [0.1, 0.15) is 34.4 Å². The molecule has 0 bridgehead atoms. The summed E-state index contributed by atoms with van der Waals surface area (Å²) in [6.07, 6.45) is -0.178. The summed E-state index contributed by atoms with van der Waals surface area (Å²) in [6.45, 7) is 0.532. The van der Waals surface area contributed by atoms with Crippen LogP contribution in [0.4, 0.5) is 0 Å². The molecule has 3 N–H and O–H groups in total. The first kappa shape index (κ1) is 18.4. The maximum atomic E-state index is 12.8. The van der Waals surface area contributed by atoms with Crippen molar-refractivity contribution in [3.05, 3.63) is 107 Å². The fraction of sp³-hybridized carbons (Fsp3) is 0.208. The van der Waals surface area contributed by atoms with Crippen LogP contribution in [0, 0.1) is 0 Å². The molecule has 142 valence electrons. The van der Waals surface area contributed by atoms with Gasteiger partial charge in [0.05, 0.1) is 18.2 Å². The van der Waals surface area contributed by atoms with Gasteiger partial charge < -0.3 is 10.4 Å². The largest absolute Gasteiger partial charge is 0.386 e. The molecule has 1 aliphatic heterocycles. The molecule has 0 saturated heterocycles. The lowest BCUT2D eigenvalue weighted by molar-refractivity contribution is -0.123. The van der Waals surface area contributed by atoms with Crippen LogP contribution < -0.4 is 10.6 Å². The first-order valence-corrected chi connectivity index (χ1v) is 9.61. The van der Waals surface area contributed by atoms with E-state index in [0.29, 0.717) is 13.0 Å². The van der Waals surface area contributed by atoms with Gasteiger partial charge in [0.2, 0.25) is 5.91 Å². The van der Waals surface area contributed by atoms with E-state index in [9.17, 15) is 9.90 Å². The van der Waals surface area contributed by atoms with Crippen LogP contribution >= 0.6 is 0 Å². The second-order valence-corrected chi connectivity index (χ2v) is 7.15. The number of carbonyl (C=O) groups excluding carboxylic acids is 1. The second-order valence-electron chi connectivity index (χ2n) is 7.15. The molecular formula is C24H24N2O2. The van der Waals surface area contributed by atoms with Crippen molar-refractivity contribution in [2.75, 3.05) is 0 Å². The zero-order valence-electron chi connectivity index (χ0n) is 15.6. The van der Waals surface area contributed by atoms with Gasteiger partial charge in [-0.1, -0.05) is 84.9 Å². The number of rotatable bonds is 5. The summed E-state index contributed by atoms with van der Waals surface area (Å²) >= 11 is 0. The highest BCUT2D eigenvalue weighted by atomic mass is 16.3. The molecular weight excluding hydrogens is 348 g/mol. The molecule has 4 nitrogen and oxygen atoms in total. The SMILES string of the molecule is O=C1NCc2ccccc2C[C@H]1N[C@H](c1ccccc1)[C@H](O)c1ccccc1. The number of aliphatic hydroxyl groups excluding tert-OH is 1. The fourth-order valence-electron chi connectivity index (χ4n) is 3.77. The zero-order valence-corrected chi connectivity index (χ0v) is 15.6. The van der Waals surface area contributed by atoms with Gasteiger partial charge in [-0.05, 0) is 28.7 Å². The van der Waals surface area contributed by atoms with Gasteiger partial charge in [0, 0.05) is 6.54 Å². The summed E-state index contributed by atoms with van der Waals surface area (Å²) < 4.78 is 0. The van der Waals surface area contributed by atoms with Gasteiger partial charge in [0.15, 0.2) is 0 Å². The van der Waals surface area contributed by atoms with Crippen LogP contribution in [0.3, 0.4) is 0 Å². The molecule has 0 spiro atoms. The average Bonchev–Trinajstić information content (AvgIpc) is 2.91. The van der Waals surface area contributed by atoms with Gasteiger partial charge in [-0.25, -0.2) is 0 Å². The van der Waals surface area contributed by atoms with E-state index in [4.69, 9.17) is 0 Å². The molecule has 0 fully saturated rings. The van der Waals surface area contributed by atoms with Crippen LogP contribution in [0.2, 0.25) is 0 Å². The lowest BCUT2D eigenvalue weighted by Gasteiger charge is -2.29. The Morgan fingerprint density at radius 2 is 1.39 bits per heavy atom. The summed E-state index contributed by atoms with van der Waals surface area (Å²) in [6, 6.07) is 26.6. The Hall–Kier alpha value is -2.95. The maximum absolute atomic E-state index is 12.8. The van der Waals surface area contributed by atoms with Crippen molar-refractivity contribution in [3.8, 4) is 0 Å². The highest BCUT2D eigenvalue weighted by Crippen LogP contribution is 2.30. The molecule has 1 amide bonds. The number of carbonyl (C=O) groups is 1. The molecule has 0 radical (unpaired) electrons. The first-order chi connectivity index (χ1) is 13.7. The highest BCUT2D eigenvalue weighted by Gasteiger charge is 2.30. The van der Waals surface area contributed by atoms with E-state index >= 15 is 0 Å². The Morgan fingerprint density at radius 1 is 0.821 bits per heavy atom. The fourth-order valence-corrected chi connectivity index (χ4v) is 3.77. The van der Waals surface area contributed by atoms with Crippen LogP contribution in [-0.4, -0.2) is 17.1 Å². The van der Waals surface area contributed by atoms with E-state index in [-0.39, 0.29) is 5.91 Å². The van der Waals surface area contributed by atoms with Gasteiger partial charge in [-0.15, -0.1) is 0 Å². The molecule has 1 aliphatic rings. The third kappa shape index (κ3) is 3.98. The number of nitrogens with one attached hydrogen (secondary N) is 2. The number of hydrogen-bond donors (Lipinski definition) is 3. The number of hydrogen-bond acceptors (Lipinski definition) is 3. The normalized spacial score (nSPS) is 18.5. The van der Waals surface area contributed by atoms with Crippen LogP contribution in [-0.2, 0) is 17.8 Å². The Labute approximate surface area is 165 Å². The molecule has 3 aromatic carbocycles. The summed E-state index contributed by atoms with van der Waals surface area (Å²) in [5.74, 6) is -0.0441. The minimum Gasteiger partial charge on any atom is -0.386 e. The molecule has 0 saturated carbocycles. The summed E-state index contributed by atoms with van der Waals surface area (Å²) in [5.41, 5.74) is 4.06. The van der Waals surface area contributed by atoms with Crippen molar-refractivity contribution >= 4 is 5.91 Å². The molecule has 3 atom stereocenters. The van der Waals surface area contributed by atoms with Crippen molar-refractivity contribution in [3.63, 3.8) is 0 Å². The Bertz CT molecular complexity index is 928. The Balaban J connectivity index is 1.64. The molecule has 4 heteroatoms. The van der Waals surface area contributed by atoms with E-state index in [2.05, 4.69) is 16.7 Å². The van der Waals surface area contributed by atoms with E-state index in [0.717, 1.165) is 22.3 Å². The number of benzene rings is 3. The molecule has 0 aromatic heterocycles. The second kappa shape index (κ2) is 8.38. The first-order valence-electron chi connectivity index (χ1n) is 9.61. The predicted octanol–water partition coefficient (Wildman–Crippen LogP) is 3.29. The molecule has 0 aliphatic carbocycles. The quantitative estimate of drug-likeness (QED) is 0.644. The lowest BCUT2D eigenvalue weighted by Crippen LogP contribution is -2.46. The maximum Gasteiger partial charge on any atom is 0.237 e. The van der Waals surface area contributed by atoms with Gasteiger partial charge >= 0.3 is 0 Å². The molecule has 4 rings (SSSR count). The minimum atomic E-state index is -0.769. The van der Waals surface area contributed by atoms with Crippen molar-refractivity contribution in [1.82, 2.24) is 10.6 Å². The van der Waals surface area contributed by atoms with Crippen molar-refractivity contribution in [2.45, 2.75) is 31.2 Å². The smallest absolute Gasteiger partial charge is 0.237 e. The average molecular weight is 372 g/mol. The van der Waals surface area contributed by atoms with Crippen LogP contribution in [0.5, 0.6) is 0 Å². The molecule has 0 unspecified atom stereocenters. The van der Waals surface area contributed by atoms with Gasteiger partial charge in [-0.3, -0.25) is 10.1 Å². The third-order valence-electron chi connectivity index (χ3n) is 5.31. The highest BCUT2D eigenvalue weighted by molar-refractivity contribution is 5.83. The third-order valence-corrected chi connectivity index (χ3v) is 5.31. The van der Waals surface area contributed by atoms with E-state index in [1.165, 1.54) is 0 Å². The number of aliphatic hydroxyl groups is 1. The molecule has 1 heterocycles. The van der Waals surface area contributed by atoms with Crippen molar-refractivity contribution in [1.29, 1.82) is 0 Å². The number of amides is 1. The van der Waals surface area contributed by atoms with Gasteiger partial charge in [0.1, 0.15) is 0 Å². The summed E-state index contributed by atoms with van der Waals surface area (Å²) in [7, 11) is 0. The standard InChI is InChI=1S/C24H24N2O2/c27-23(18-11-5-2-6-12-18)22(17-9-3-1-4-10-17)26-21-15-19-13-7-8-14-20(19)16-25-24(21)28/h1-14,21-23,26-27H,15-16H2,(H,25,28)/t21-,22-,23-/m1/s1. The van der Waals surface area contributed by atoms with Gasteiger partial charge in [0.25, 0.3) is 0 Å². The Morgan fingerprint density at radius 3 is 2.07 bits per heavy atom. The summed E-state index contributed by atoms with van der Waals surface area (Å²) in [5, 5.41) is 17.6. The molecule has 3 aromatic rings. The van der Waals surface area contributed by atoms with Crippen LogP contribution in [0.25, 0.3) is 0 Å². The monoisotopic (exact) mass is 372 g/mol. The zero-order chi connectivity index (χ0) is 19.3. The lowest BCUT2D eigenvalue weighted by atomic mass is 9.93. The van der Waals surface area contributed by atoms with Crippen molar-refractivity contribution in [2.24, 2.45) is 0 Å². The van der Waals surface area contributed by atoms with E-state index in [1.807, 2.05) is 78.9 Å². The van der Waals surface area contributed by atoms with Crippen LogP contribution in [0.15, 0.2) is 84.9 Å². The Kier molecular flexibility index (Phi) is 5.51. The van der Waals surface area contributed by atoms with Gasteiger partial charge in [-0.2, -0.15) is 0 Å². The minimum absolute atomic E-state index is 0.0441. The predicted molar refractivity (Wildman–Crippen MR) is 110 cm³/mol. The summed E-state index contributed by atoms with van der Waals surface area (Å²) in [4.78, 5) is 12.8. The van der Waals surface area contributed by atoms with E-state index in [1.54, 1.807) is 0 Å². The van der Waals surface area contributed by atoms with Crippen molar-refractivity contribution < 1.29 is 9.90 Å². The number of fused-ring (bicyclic) bond motifs is 1. The van der Waals surface area contributed by atoms with E-state index < -0.39 is 18.2 Å². The topological polar surface area (TPSA) is 61.4 Å². The molecule has 28 heavy (non-hydrogen) atoms.